The molecular weight excluding hydrogens is 350 g/mol. The first-order valence-electron chi connectivity index (χ1n) is 9.30. The third kappa shape index (κ3) is 3.53. The zero-order valence-electron chi connectivity index (χ0n) is 16.3. The number of rotatable bonds is 6. The average molecular weight is 373 g/mol. The molecule has 6 heteroatoms. The number of aromatic nitrogens is 4. The van der Waals surface area contributed by atoms with E-state index in [0.717, 1.165) is 29.1 Å². The van der Waals surface area contributed by atoms with Crippen molar-refractivity contribution in [1.29, 1.82) is 0 Å². The molecule has 0 saturated carbocycles. The van der Waals surface area contributed by atoms with Crippen molar-refractivity contribution in [2.45, 2.75) is 27.3 Å². The molecule has 0 bridgehead atoms. The normalized spacial score (nSPS) is 11.5. The van der Waals surface area contributed by atoms with Crippen LogP contribution in [-0.2, 0) is 6.54 Å². The molecule has 2 heterocycles. The lowest BCUT2D eigenvalue weighted by atomic mass is 10.1. The summed E-state index contributed by atoms with van der Waals surface area (Å²) in [5, 5.41) is 13.2. The summed E-state index contributed by atoms with van der Waals surface area (Å²) in [6.07, 6.45) is 5.01. The van der Waals surface area contributed by atoms with Crippen molar-refractivity contribution in [3.05, 3.63) is 77.5 Å². The minimum absolute atomic E-state index is 0.603. The molecule has 28 heavy (non-hydrogen) atoms. The van der Waals surface area contributed by atoms with Gasteiger partial charge in [-0.25, -0.2) is 4.68 Å². The Bertz CT molecular complexity index is 1130. The number of fused-ring (bicyclic) bond motifs is 1. The van der Waals surface area contributed by atoms with Gasteiger partial charge in [-0.05, 0) is 44.0 Å². The van der Waals surface area contributed by atoms with E-state index >= 15 is 0 Å². The molecule has 142 valence electrons. The first-order chi connectivity index (χ1) is 13.6. The Morgan fingerprint density at radius 3 is 2.64 bits per heavy atom. The van der Waals surface area contributed by atoms with Crippen LogP contribution in [-0.4, -0.2) is 32.3 Å². The molecule has 0 amide bonds. The van der Waals surface area contributed by atoms with E-state index in [1.54, 1.807) is 17.3 Å². The summed E-state index contributed by atoms with van der Waals surface area (Å²) in [6.45, 7) is 7.64. The second-order valence-electron chi connectivity index (χ2n) is 6.87. The number of aryl methyl sites for hydroxylation is 2. The van der Waals surface area contributed by atoms with E-state index in [1.165, 1.54) is 16.5 Å². The Labute approximate surface area is 164 Å². The molecule has 0 N–H and O–H groups in total. The Kier molecular flexibility index (Phi) is 4.93. The maximum absolute atomic E-state index is 6.08. The van der Waals surface area contributed by atoms with Gasteiger partial charge in [0, 0.05) is 22.2 Å². The SMILES string of the molecule is Cc1ccc(C)c(OCCn2c(C)c(/C=N\n3cnnc3)c3ccccc32)c1. The van der Waals surface area contributed by atoms with Gasteiger partial charge in [0.05, 0.1) is 12.8 Å². The smallest absolute Gasteiger partial charge is 0.141 e. The molecular formula is C22H23N5O. The lowest BCUT2D eigenvalue weighted by molar-refractivity contribution is 0.297. The number of ether oxygens (including phenoxy) is 1. The largest absolute Gasteiger partial charge is 0.491 e. The molecule has 0 aliphatic carbocycles. The molecule has 0 unspecified atom stereocenters. The van der Waals surface area contributed by atoms with Crippen LogP contribution in [0.3, 0.4) is 0 Å². The highest BCUT2D eigenvalue weighted by molar-refractivity contribution is 6.01. The fourth-order valence-electron chi connectivity index (χ4n) is 3.40. The van der Waals surface area contributed by atoms with Gasteiger partial charge in [-0.1, -0.05) is 30.3 Å². The zero-order chi connectivity index (χ0) is 19.5. The topological polar surface area (TPSA) is 57.2 Å². The molecule has 4 aromatic rings. The highest BCUT2D eigenvalue weighted by Gasteiger charge is 2.12. The lowest BCUT2D eigenvalue weighted by Gasteiger charge is -2.12. The fraction of sp³-hybridized carbons (Fsp3) is 0.227. The van der Waals surface area contributed by atoms with E-state index < -0.39 is 0 Å². The van der Waals surface area contributed by atoms with Crippen LogP contribution in [0.4, 0.5) is 0 Å². The molecule has 0 aliphatic heterocycles. The zero-order valence-corrected chi connectivity index (χ0v) is 16.3. The van der Waals surface area contributed by atoms with Crippen LogP contribution in [0.5, 0.6) is 5.75 Å². The Morgan fingerprint density at radius 1 is 1.04 bits per heavy atom. The van der Waals surface area contributed by atoms with Crippen LogP contribution in [0.25, 0.3) is 10.9 Å². The summed E-state index contributed by atoms with van der Waals surface area (Å²) in [5.41, 5.74) is 5.78. The highest BCUT2D eigenvalue weighted by atomic mass is 16.5. The van der Waals surface area contributed by atoms with Gasteiger partial charge in [0.1, 0.15) is 25.0 Å². The van der Waals surface area contributed by atoms with E-state index in [9.17, 15) is 0 Å². The molecule has 6 nitrogen and oxygen atoms in total. The molecule has 4 rings (SSSR count). The first-order valence-corrected chi connectivity index (χ1v) is 9.30. The Balaban J connectivity index is 1.60. The standard InChI is InChI=1S/C22H23N5O/c1-16-8-9-17(2)22(12-16)28-11-10-27-18(3)20(13-25-26-14-23-24-15-26)19-6-4-5-7-21(19)27/h4-9,12-15H,10-11H2,1-3H3/b25-13-. The molecule has 2 aromatic heterocycles. The molecule has 0 aliphatic rings. The summed E-state index contributed by atoms with van der Waals surface area (Å²) in [7, 11) is 0. The van der Waals surface area contributed by atoms with Crippen molar-refractivity contribution >= 4 is 17.1 Å². The minimum atomic E-state index is 0.603. The second-order valence-corrected chi connectivity index (χ2v) is 6.87. The second kappa shape index (κ2) is 7.68. The summed E-state index contributed by atoms with van der Waals surface area (Å²) < 4.78 is 9.96. The van der Waals surface area contributed by atoms with Crippen molar-refractivity contribution in [2.75, 3.05) is 6.61 Å². The number of benzene rings is 2. The molecule has 0 fully saturated rings. The van der Waals surface area contributed by atoms with Crippen LogP contribution in [0.15, 0.2) is 60.2 Å². The first kappa shape index (κ1) is 18.0. The minimum Gasteiger partial charge on any atom is -0.491 e. The molecule has 0 atom stereocenters. The Morgan fingerprint density at radius 2 is 1.82 bits per heavy atom. The summed E-state index contributed by atoms with van der Waals surface area (Å²) >= 11 is 0. The monoisotopic (exact) mass is 373 g/mol. The van der Waals surface area contributed by atoms with Crippen LogP contribution in [0.2, 0.25) is 0 Å². The van der Waals surface area contributed by atoms with Crippen molar-refractivity contribution in [3.63, 3.8) is 0 Å². The van der Waals surface area contributed by atoms with Crippen molar-refractivity contribution in [1.82, 2.24) is 19.4 Å². The molecule has 0 spiro atoms. The Hall–Kier alpha value is -3.41. The van der Waals surface area contributed by atoms with Gasteiger partial charge in [-0.15, -0.1) is 10.2 Å². The van der Waals surface area contributed by atoms with Gasteiger partial charge in [-0.3, -0.25) is 0 Å². The third-order valence-electron chi connectivity index (χ3n) is 4.92. The van der Waals surface area contributed by atoms with Crippen LogP contribution in [0, 0.1) is 20.8 Å². The van der Waals surface area contributed by atoms with Crippen LogP contribution < -0.4 is 4.74 Å². The summed E-state index contributed by atoms with van der Waals surface area (Å²) in [4.78, 5) is 0. The van der Waals surface area contributed by atoms with E-state index in [2.05, 4.69) is 83.1 Å². The molecule has 2 aromatic carbocycles. The number of para-hydroxylation sites is 1. The van der Waals surface area contributed by atoms with Crippen LogP contribution in [0.1, 0.15) is 22.4 Å². The predicted octanol–water partition coefficient (Wildman–Crippen LogP) is 4.12. The van der Waals surface area contributed by atoms with Crippen molar-refractivity contribution in [3.8, 4) is 5.75 Å². The van der Waals surface area contributed by atoms with Crippen molar-refractivity contribution < 1.29 is 4.74 Å². The molecule has 0 saturated heterocycles. The maximum atomic E-state index is 6.08. The van der Waals surface area contributed by atoms with E-state index in [0.29, 0.717) is 6.61 Å². The van der Waals surface area contributed by atoms with Gasteiger partial charge in [0.2, 0.25) is 0 Å². The predicted molar refractivity (Wildman–Crippen MR) is 111 cm³/mol. The third-order valence-corrected chi connectivity index (χ3v) is 4.92. The fourth-order valence-corrected chi connectivity index (χ4v) is 3.40. The maximum Gasteiger partial charge on any atom is 0.141 e. The van der Waals surface area contributed by atoms with Gasteiger partial charge < -0.3 is 9.30 Å². The van der Waals surface area contributed by atoms with Gasteiger partial charge >= 0.3 is 0 Å². The lowest BCUT2D eigenvalue weighted by Crippen LogP contribution is -2.10. The highest BCUT2D eigenvalue weighted by Crippen LogP contribution is 2.25. The summed E-state index contributed by atoms with van der Waals surface area (Å²) in [6, 6.07) is 14.7. The van der Waals surface area contributed by atoms with Crippen molar-refractivity contribution in [2.24, 2.45) is 5.10 Å². The quantitative estimate of drug-likeness (QED) is 0.478. The van der Waals surface area contributed by atoms with Gasteiger partial charge in [-0.2, -0.15) is 5.10 Å². The van der Waals surface area contributed by atoms with Gasteiger partial charge in [0.15, 0.2) is 0 Å². The van der Waals surface area contributed by atoms with Gasteiger partial charge in [0.25, 0.3) is 0 Å². The average Bonchev–Trinajstić information content (AvgIpc) is 3.30. The molecule has 0 radical (unpaired) electrons. The number of hydrogen-bond donors (Lipinski definition) is 0. The van der Waals surface area contributed by atoms with Crippen LogP contribution >= 0.6 is 0 Å². The van der Waals surface area contributed by atoms with E-state index in [4.69, 9.17) is 4.74 Å². The number of hydrogen-bond acceptors (Lipinski definition) is 4. The van der Waals surface area contributed by atoms with E-state index in [1.807, 2.05) is 6.21 Å². The summed E-state index contributed by atoms with van der Waals surface area (Å²) in [5.74, 6) is 0.948. The van der Waals surface area contributed by atoms with E-state index in [-0.39, 0.29) is 0 Å². The number of nitrogens with zero attached hydrogens (tertiary/aromatic N) is 5.